The lowest BCUT2D eigenvalue weighted by atomic mass is 9.82. The Labute approximate surface area is 234 Å². The van der Waals surface area contributed by atoms with Crippen molar-refractivity contribution in [2.75, 3.05) is 28.4 Å². The zero-order valence-electron chi connectivity index (χ0n) is 22.6. The van der Waals surface area contributed by atoms with Crippen molar-refractivity contribution in [1.29, 1.82) is 0 Å². The van der Waals surface area contributed by atoms with Crippen LogP contribution < -0.4 is 5.32 Å². The molecule has 2 aliphatic rings. The highest BCUT2D eigenvalue weighted by atomic mass is 16.5. The number of amides is 2. The van der Waals surface area contributed by atoms with E-state index in [1.165, 1.54) is 0 Å². The van der Waals surface area contributed by atoms with E-state index in [-0.39, 0.29) is 5.56 Å². The number of hydrazine groups is 1. The highest BCUT2D eigenvalue weighted by Crippen LogP contribution is 2.52. The van der Waals surface area contributed by atoms with E-state index in [2.05, 4.69) is 5.32 Å². The summed E-state index contributed by atoms with van der Waals surface area (Å²) < 4.78 is 19.7. The monoisotopic (exact) mass is 565 g/mol. The van der Waals surface area contributed by atoms with E-state index in [4.69, 9.17) is 18.9 Å². The predicted octanol–water partition coefficient (Wildman–Crippen LogP) is 0.674. The molecule has 0 spiro atoms. The highest BCUT2D eigenvalue weighted by Gasteiger charge is 2.70. The Hall–Kier alpha value is -5.04. The third kappa shape index (κ3) is 4.69. The minimum atomic E-state index is -2.44. The molecule has 2 aliphatic heterocycles. The van der Waals surface area contributed by atoms with Crippen LogP contribution in [0.2, 0.25) is 0 Å². The molecule has 2 aromatic rings. The van der Waals surface area contributed by atoms with Crippen LogP contribution in [-0.4, -0.2) is 85.7 Å². The van der Waals surface area contributed by atoms with Gasteiger partial charge in [0, 0.05) is 5.56 Å². The molecular weight excluding hydrogens is 538 g/mol. The highest BCUT2D eigenvalue weighted by molar-refractivity contribution is 6.13. The van der Waals surface area contributed by atoms with Gasteiger partial charge in [-0.25, -0.2) is 19.4 Å². The van der Waals surface area contributed by atoms with Crippen molar-refractivity contribution < 1.29 is 47.7 Å². The van der Waals surface area contributed by atoms with Crippen LogP contribution in [0, 0.1) is 0 Å². The summed E-state index contributed by atoms with van der Waals surface area (Å²) in [5.74, 6) is -6.03. The molecule has 1 N–H and O–H groups in total. The minimum absolute atomic E-state index is 0.238. The molecule has 0 bridgehead atoms. The third-order valence-corrected chi connectivity index (χ3v) is 6.91. The first kappa shape index (κ1) is 29.0. The van der Waals surface area contributed by atoms with Crippen LogP contribution in [0.1, 0.15) is 28.4 Å². The van der Waals surface area contributed by atoms with Gasteiger partial charge in [-0.1, -0.05) is 48.5 Å². The maximum atomic E-state index is 14.2. The van der Waals surface area contributed by atoms with Crippen LogP contribution >= 0.6 is 0 Å². The maximum Gasteiger partial charge on any atom is 0.356 e. The Balaban J connectivity index is 2.04. The van der Waals surface area contributed by atoms with Crippen molar-refractivity contribution in [3.05, 3.63) is 83.1 Å². The normalized spacial score (nSPS) is 21.7. The number of methoxy groups -OCH3 is 4. The van der Waals surface area contributed by atoms with Crippen LogP contribution in [-0.2, 0) is 42.9 Å². The molecule has 0 unspecified atom stereocenters. The van der Waals surface area contributed by atoms with Crippen molar-refractivity contribution in [2.45, 2.75) is 24.0 Å². The fourth-order valence-corrected chi connectivity index (χ4v) is 5.16. The second-order valence-corrected chi connectivity index (χ2v) is 8.98. The van der Waals surface area contributed by atoms with Gasteiger partial charge in [0.1, 0.15) is 11.6 Å². The van der Waals surface area contributed by atoms with Crippen LogP contribution in [0.15, 0.2) is 71.9 Å². The molecule has 13 heteroatoms. The van der Waals surface area contributed by atoms with Gasteiger partial charge >= 0.3 is 23.9 Å². The van der Waals surface area contributed by atoms with Gasteiger partial charge in [0.15, 0.2) is 11.2 Å². The molecule has 1 fully saturated rings. The van der Waals surface area contributed by atoms with Gasteiger partial charge in [0.2, 0.25) is 0 Å². The average molecular weight is 566 g/mol. The topological polar surface area (TPSA) is 158 Å². The third-order valence-electron chi connectivity index (χ3n) is 6.91. The van der Waals surface area contributed by atoms with E-state index in [0.29, 0.717) is 5.56 Å². The Morgan fingerprint density at radius 3 is 1.93 bits per heavy atom. The number of rotatable bonds is 8. The number of carbonyl (C=O) groups is 6. The number of benzene rings is 2. The fourth-order valence-electron chi connectivity index (χ4n) is 5.16. The van der Waals surface area contributed by atoms with Gasteiger partial charge in [-0.15, -0.1) is 0 Å². The zero-order chi connectivity index (χ0) is 29.9. The molecule has 3 atom stereocenters. The molecule has 0 aliphatic carbocycles. The summed E-state index contributed by atoms with van der Waals surface area (Å²) in [7, 11) is 4.09. The first-order chi connectivity index (χ1) is 19.7. The average Bonchev–Trinajstić information content (AvgIpc) is 3.46. The molecule has 4 rings (SSSR count). The molecular formula is C28H27N3O10. The first-order valence-corrected chi connectivity index (χ1v) is 12.3. The number of nitrogens with one attached hydrogen (secondary N) is 1. The van der Waals surface area contributed by atoms with E-state index in [1.54, 1.807) is 60.7 Å². The lowest BCUT2D eigenvalue weighted by Gasteiger charge is -2.39. The van der Waals surface area contributed by atoms with Crippen LogP contribution in [0.5, 0.6) is 0 Å². The number of ether oxygens (including phenoxy) is 4. The summed E-state index contributed by atoms with van der Waals surface area (Å²) in [5, 5.41) is 4.54. The first-order valence-electron chi connectivity index (χ1n) is 12.3. The summed E-state index contributed by atoms with van der Waals surface area (Å²) in [6.07, 6.45) is -0.867. The van der Waals surface area contributed by atoms with E-state index in [9.17, 15) is 28.8 Å². The Morgan fingerprint density at radius 2 is 1.39 bits per heavy atom. The molecule has 214 valence electrons. The van der Waals surface area contributed by atoms with Gasteiger partial charge in [0.05, 0.1) is 40.9 Å². The van der Waals surface area contributed by atoms with Crippen molar-refractivity contribution in [1.82, 2.24) is 15.3 Å². The summed E-state index contributed by atoms with van der Waals surface area (Å²) >= 11 is 0. The van der Waals surface area contributed by atoms with E-state index >= 15 is 0 Å². The van der Waals surface area contributed by atoms with Crippen molar-refractivity contribution in [3.8, 4) is 0 Å². The quantitative estimate of drug-likeness (QED) is 0.354. The molecule has 41 heavy (non-hydrogen) atoms. The molecule has 2 aromatic carbocycles. The number of nitrogens with zero attached hydrogens (tertiary/aromatic N) is 2. The molecule has 0 aromatic heterocycles. The number of carbonyl (C=O) groups excluding carboxylic acids is 6. The zero-order valence-corrected chi connectivity index (χ0v) is 22.6. The molecule has 13 nitrogen and oxygen atoms in total. The SMILES string of the molecule is COC(=O)C[C@@]1(C(=O)OC)C(C(=O)OC)=C(C(=O)OC)N2C(=O)[C@H](NC(=O)c3ccccc3)[C@@H](c3ccccc3)N21. The second kappa shape index (κ2) is 11.6. The minimum Gasteiger partial charge on any atom is -0.469 e. The Bertz CT molecular complexity index is 1430. The van der Waals surface area contributed by atoms with Gasteiger partial charge in [-0.3, -0.25) is 14.4 Å². The molecule has 0 radical (unpaired) electrons. The smallest absolute Gasteiger partial charge is 0.356 e. The van der Waals surface area contributed by atoms with E-state index < -0.39 is 71.0 Å². The summed E-state index contributed by atoms with van der Waals surface area (Å²) in [4.78, 5) is 80.6. The summed E-state index contributed by atoms with van der Waals surface area (Å²) in [5.41, 5.74) is -3.14. The summed E-state index contributed by atoms with van der Waals surface area (Å²) in [6, 6.07) is 13.7. The molecule has 0 saturated carbocycles. The van der Waals surface area contributed by atoms with Crippen LogP contribution in [0.25, 0.3) is 0 Å². The number of hydrogen-bond acceptors (Lipinski definition) is 11. The molecule has 2 heterocycles. The number of fused-ring (bicyclic) bond motifs is 1. The molecule has 1 saturated heterocycles. The van der Waals surface area contributed by atoms with E-state index in [0.717, 1.165) is 38.5 Å². The van der Waals surface area contributed by atoms with Crippen LogP contribution in [0.4, 0.5) is 0 Å². The molecule has 2 amide bonds. The predicted molar refractivity (Wildman–Crippen MR) is 138 cm³/mol. The van der Waals surface area contributed by atoms with E-state index in [1.807, 2.05) is 0 Å². The lowest BCUT2D eigenvalue weighted by molar-refractivity contribution is -0.172. The standard InChI is InChI=1S/C28H27N3O10/c1-38-18(32)15-28(27(37)41-4)19(25(35)39-2)22(26(36)40-3)30-24(34)20(29-23(33)17-13-9-6-10-14-17)21(31(28)30)16-11-7-5-8-12-16/h5-14,20-21H,15H2,1-4H3,(H,29,33)/t20-,21-,28+/m1/s1. The van der Waals surface area contributed by atoms with Crippen molar-refractivity contribution >= 4 is 35.7 Å². The van der Waals surface area contributed by atoms with Gasteiger partial charge in [-0.05, 0) is 17.7 Å². The van der Waals surface area contributed by atoms with Gasteiger partial charge in [-0.2, -0.15) is 5.01 Å². The number of hydrogen-bond donors (Lipinski definition) is 1. The lowest BCUT2D eigenvalue weighted by Crippen LogP contribution is -2.59. The van der Waals surface area contributed by atoms with Crippen molar-refractivity contribution in [2.24, 2.45) is 0 Å². The van der Waals surface area contributed by atoms with Crippen molar-refractivity contribution in [3.63, 3.8) is 0 Å². The Morgan fingerprint density at radius 1 is 0.805 bits per heavy atom. The Kier molecular flexibility index (Phi) is 8.19. The summed E-state index contributed by atoms with van der Waals surface area (Å²) in [6.45, 7) is 0. The second-order valence-electron chi connectivity index (χ2n) is 8.98. The maximum absolute atomic E-state index is 14.2. The van der Waals surface area contributed by atoms with Crippen LogP contribution in [0.3, 0.4) is 0 Å². The largest absolute Gasteiger partial charge is 0.469 e. The van der Waals surface area contributed by atoms with Gasteiger partial charge < -0.3 is 24.3 Å². The van der Waals surface area contributed by atoms with Gasteiger partial charge in [0.25, 0.3) is 11.8 Å². The number of esters is 4. The fraction of sp³-hybridized carbons (Fsp3) is 0.286.